The standard InChI is InChI=1S/C18H19NOS/c1-18(2)16(20)19(13-14-9-5-3-6-10-14)17(18)21-15-11-7-4-8-12-15/h3-12,17H,13H2,1-2H3. The van der Waals surface area contributed by atoms with Gasteiger partial charge in [-0.3, -0.25) is 4.79 Å². The molecule has 0 radical (unpaired) electrons. The Morgan fingerprint density at radius 2 is 1.57 bits per heavy atom. The van der Waals surface area contributed by atoms with Crippen LogP contribution in [0, 0.1) is 5.41 Å². The summed E-state index contributed by atoms with van der Waals surface area (Å²) >= 11 is 1.77. The van der Waals surface area contributed by atoms with Gasteiger partial charge in [0.25, 0.3) is 0 Å². The minimum Gasteiger partial charge on any atom is -0.324 e. The van der Waals surface area contributed by atoms with Gasteiger partial charge in [-0.1, -0.05) is 60.3 Å². The van der Waals surface area contributed by atoms with Crippen LogP contribution in [0.1, 0.15) is 19.4 Å². The third-order valence-corrected chi connectivity index (χ3v) is 5.51. The Labute approximate surface area is 130 Å². The summed E-state index contributed by atoms with van der Waals surface area (Å²) < 4.78 is 0. The fraction of sp³-hybridized carbons (Fsp3) is 0.278. The van der Waals surface area contributed by atoms with E-state index in [1.807, 2.05) is 55.1 Å². The molecule has 0 saturated carbocycles. The Balaban J connectivity index is 1.77. The lowest BCUT2D eigenvalue weighted by Crippen LogP contribution is -2.64. The second-order valence-electron chi connectivity index (χ2n) is 5.92. The summed E-state index contributed by atoms with van der Waals surface area (Å²) in [5, 5.41) is 0.188. The molecule has 3 heteroatoms. The summed E-state index contributed by atoms with van der Waals surface area (Å²) in [5.74, 6) is 0.236. The maximum absolute atomic E-state index is 12.4. The maximum atomic E-state index is 12.4. The fourth-order valence-electron chi connectivity index (χ4n) is 2.68. The first-order chi connectivity index (χ1) is 10.1. The molecule has 1 heterocycles. The second kappa shape index (κ2) is 5.57. The Bertz CT molecular complexity index is 624. The Hall–Kier alpha value is -1.74. The van der Waals surface area contributed by atoms with Crippen molar-refractivity contribution in [2.45, 2.75) is 30.7 Å². The number of hydrogen-bond acceptors (Lipinski definition) is 2. The van der Waals surface area contributed by atoms with Crippen LogP contribution in [0.2, 0.25) is 0 Å². The van der Waals surface area contributed by atoms with Crippen molar-refractivity contribution in [2.75, 3.05) is 0 Å². The number of rotatable bonds is 4. The van der Waals surface area contributed by atoms with Crippen molar-refractivity contribution in [3.63, 3.8) is 0 Å². The van der Waals surface area contributed by atoms with Crippen LogP contribution in [0.5, 0.6) is 0 Å². The molecule has 1 atom stereocenters. The molecule has 1 unspecified atom stereocenters. The SMILES string of the molecule is CC1(C)C(=O)N(Cc2ccccc2)C1Sc1ccccc1. The zero-order valence-electron chi connectivity index (χ0n) is 12.3. The van der Waals surface area contributed by atoms with Gasteiger partial charge < -0.3 is 4.90 Å². The summed E-state index contributed by atoms with van der Waals surface area (Å²) in [6, 6.07) is 20.5. The molecule has 2 nitrogen and oxygen atoms in total. The Morgan fingerprint density at radius 1 is 1.00 bits per heavy atom. The van der Waals surface area contributed by atoms with Crippen LogP contribution in [-0.2, 0) is 11.3 Å². The van der Waals surface area contributed by atoms with Gasteiger partial charge in [-0.15, -0.1) is 0 Å². The largest absolute Gasteiger partial charge is 0.324 e. The Kier molecular flexibility index (Phi) is 3.77. The second-order valence-corrected chi connectivity index (χ2v) is 7.08. The van der Waals surface area contributed by atoms with Crippen LogP contribution in [0.15, 0.2) is 65.6 Å². The number of hydrogen-bond donors (Lipinski definition) is 0. The summed E-state index contributed by atoms with van der Waals surface area (Å²) in [6.07, 6.45) is 0. The molecular weight excluding hydrogens is 278 g/mol. The highest BCUT2D eigenvalue weighted by atomic mass is 32.2. The number of carbonyl (C=O) groups excluding carboxylic acids is 1. The molecule has 1 fully saturated rings. The van der Waals surface area contributed by atoms with Gasteiger partial charge in [0.05, 0.1) is 10.8 Å². The van der Waals surface area contributed by atoms with Gasteiger partial charge >= 0.3 is 0 Å². The predicted molar refractivity (Wildman–Crippen MR) is 86.9 cm³/mol. The number of amides is 1. The van der Waals surface area contributed by atoms with Crippen molar-refractivity contribution in [3.8, 4) is 0 Å². The number of likely N-dealkylation sites (tertiary alicyclic amines) is 1. The zero-order chi connectivity index (χ0) is 14.9. The molecule has 1 aliphatic rings. The van der Waals surface area contributed by atoms with Crippen molar-refractivity contribution >= 4 is 17.7 Å². The molecule has 0 aromatic heterocycles. The van der Waals surface area contributed by atoms with Gasteiger partial charge in [0.15, 0.2) is 0 Å². The van der Waals surface area contributed by atoms with Crippen molar-refractivity contribution < 1.29 is 4.79 Å². The topological polar surface area (TPSA) is 20.3 Å². The molecule has 0 spiro atoms. The van der Waals surface area contributed by atoms with Gasteiger partial charge in [0.2, 0.25) is 5.91 Å². The first-order valence-electron chi connectivity index (χ1n) is 7.16. The van der Waals surface area contributed by atoms with Gasteiger partial charge in [0.1, 0.15) is 0 Å². The summed E-state index contributed by atoms with van der Waals surface area (Å²) in [5.41, 5.74) is 0.884. The lowest BCUT2D eigenvalue weighted by molar-refractivity contribution is -0.160. The molecule has 0 aliphatic carbocycles. The molecule has 1 amide bonds. The third kappa shape index (κ3) is 2.70. The number of nitrogens with zero attached hydrogens (tertiary/aromatic N) is 1. The zero-order valence-corrected chi connectivity index (χ0v) is 13.1. The average Bonchev–Trinajstić information content (AvgIpc) is 2.52. The highest BCUT2D eigenvalue weighted by molar-refractivity contribution is 8.00. The quantitative estimate of drug-likeness (QED) is 0.789. The predicted octanol–water partition coefficient (Wildman–Crippen LogP) is 4.17. The fourth-order valence-corrected chi connectivity index (χ4v) is 3.94. The highest BCUT2D eigenvalue weighted by Crippen LogP contribution is 2.47. The minimum absolute atomic E-state index is 0.188. The summed E-state index contributed by atoms with van der Waals surface area (Å²) in [7, 11) is 0. The monoisotopic (exact) mass is 297 g/mol. The molecular formula is C18H19NOS. The van der Waals surface area contributed by atoms with E-state index in [0.717, 1.165) is 0 Å². The van der Waals surface area contributed by atoms with Gasteiger partial charge in [-0.05, 0) is 31.5 Å². The normalized spacial score (nSPS) is 20.2. The molecule has 2 aromatic rings. The molecule has 108 valence electrons. The van der Waals surface area contributed by atoms with Gasteiger partial charge in [0, 0.05) is 11.4 Å². The number of carbonyl (C=O) groups is 1. The highest BCUT2D eigenvalue weighted by Gasteiger charge is 2.54. The van der Waals surface area contributed by atoms with Crippen LogP contribution in [0.4, 0.5) is 0 Å². The van der Waals surface area contributed by atoms with Crippen molar-refractivity contribution in [1.29, 1.82) is 0 Å². The smallest absolute Gasteiger partial charge is 0.232 e. The van der Waals surface area contributed by atoms with E-state index in [1.165, 1.54) is 10.5 Å². The first kappa shape index (κ1) is 14.2. The van der Waals surface area contributed by atoms with Crippen molar-refractivity contribution in [3.05, 3.63) is 66.2 Å². The van der Waals surface area contributed by atoms with E-state index < -0.39 is 0 Å². The van der Waals surface area contributed by atoms with Crippen LogP contribution < -0.4 is 0 Å². The number of benzene rings is 2. The van der Waals surface area contributed by atoms with Crippen LogP contribution in [0.25, 0.3) is 0 Å². The minimum atomic E-state index is -0.296. The third-order valence-electron chi connectivity index (χ3n) is 3.90. The lowest BCUT2D eigenvalue weighted by Gasteiger charge is -2.52. The van der Waals surface area contributed by atoms with Crippen molar-refractivity contribution in [2.24, 2.45) is 5.41 Å². The van der Waals surface area contributed by atoms with Crippen LogP contribution in [0.3, 0.4) is 0 Å². The summed E-state index contributed by atoms with van der Waals surface area (Å²) in [4.78, 5) is 15.6. The van der Waals surface area contributed by atoms with E-state index in [4.69, 9.17) is 0 Å². The first-order valence-corrected chi connectivity index (χ1v) is 8.04. The maximum Gasteiger partial charge on any atom is 0.232 e. The van der Waals surface area contributed by atoms with Crippen LogP contribution in [-0.4, -0.2) is 16.2 Å². The van der Waals surface area contributed by atoms with E-state index in [1.54, 1.807) is 11.8 Å². The summed E-state index contributed by atoms with van der Waals surface area (Å²) in [6.45, 7) is 4.77. The van der Waals surface area contributed by atoms with E-state index in [2.05, 4.69) is 24.3 Å². The van der Waals surface area contributed by atoms with E-state index in [9.17, 15) is 4.79 Å². The average molecular weight is 297 g/mol. The van der Waals surface area contributed by atoms with Gasteiger partial charge in [-0.25, -0.2) is 0 Å². The van der Waals surface area contributed by atoms with Gasteiger partial charge in [-0.2, -0.15) is 0 Å². The lowest BCUT2D eigenvalue weighted by atomic mass is 9.82. The molecule has 1 aliphatic heterocycles. The van der Waals surface area contributed by atoms with E-state index >= 15 is 0 Å². The number of thioether (sulfide) groups is 1. The van der Waals surface area contributed by atoms with Crippen molar-refractivity contribution in [1.82, 2.24) is 4.90 Å². The molecule has 1 saturated heterocycles. The van der Waals surface area contributed by atoms with E-state index in [0.29, 0.717) is 6.54 Å². The molecule has 21 heavy (non-hydrogen) atoms. The Morgan fingerprint density at radius 3 is 2.19 bits per heavy atom. The molecule has 0 bridgehead atoms. The van der Waals surface area contributed by atoms with Crippen LogP contribution >= 0.6 is 11.8 Å². The molecule has 2 aromatic carbocycles. The number of β-lactam (4-membered cyclic amide) rings is 1. The molecule has 3 rings (SSSR count). The molecule has 0 N–H and O–H groups in total. The van der Waals surface area contributed by atoms with E-state index in [-0.39, 0.29) is 16.7 Å².